The molecule has 1 aromatic carbocycles. The second-order valence-corrected chi connectivity index (χ2v) is 17.4. The van der Waals surface area contributed by atoms with E-state index in [0.29, 0.717) is 0 Å². The van der Waals surface area contributed by atoms with Gasteiger partial charge in [0.25, 0.3) is 0 Å². The largest absolute Gasteiger partial charge is 0.132 e. The molecule has 5 heteroatoms. The fraction of sp³-hybridized carbons (Fsp3) is 0.556. The minimum atomic E-state index is 1.18. The standard InChI is InChI=1S/C36H48Br2S3/c1-3-5-7-9-11-13-15-17-21-27-25-31(37)39-33(27)35-29-23-19-20-24-30(29)36(41-35)34-28(26-32(38)40-34)22-18-16-14-12-10-8-6-4-2/h19-20,23-26H,3-18,21-22H2,1-2H3. The molecule has 4 rings (SSSR count). The van der Waals surface area contributed by atoms with Crippen molar-refractivity contribution in [3.05, 3.63) is 55.1 Å². The van der Waals surface area contributed by atoms with Gasteiger partial charge in [0.2, 0.25) is 0 Å². The number of thiophene rings is 3. The number of halogens is 2. The topological polar surface area (TPSA) is 0 Å². The lowest BCUT2D eigenvalue weighted by Crippen LogP contribution is -1.86. The first-order chi connectivity index (χ1) is 20.1. The van der Waals surface area contributed by atoms with Crippen LogP contribution in [0.1, 0.15) is 128 Å². The van der Waals surface area contributed by atoms with Crippen molar-refractivity contribution < 1.29 is 0 Å². The van der Waals surface area contributed by atoms with Gasteiger partial charge in [-0.25, -0.2) is 0 Å². The molecule has 0 aliphatic carbocycles. The number of rotatable bonds is 20. The van der Waals surface area contributed by atoms with Gasteiger partial charge in [-0.3, -0.25) is 0 Å². The maximum absolute atomic E-state index is 3.85. The zero-order valence-corrected chi connectivity index (χ0v) is 30.8. The van der Waals surface area contributed by atoms with Crippen LogP contribution in [0.25, 0.3) is 30.3 Å². The number of unbranched alkanes of at least 4 members (excludes halogenated alkanes) is 14. The van der Waals surface area contributed by atoms with Crippen molar-refractivity contribution in [2.75, 3.05) is 0 Å². The summed E-state index contributed by atoms with van der Waals surface area (Å²) < 4.78 is 2.52. The van der Waals surface area contributed by atoms with Crippen LogP contribution in [-0.2, 0) is 12.8 Å². The van der Waals surface area contributed by atoms with Crippen molar-refractivity contribution in [3.8, 4) is 19.5 Å². The first-order valence-corrected chi connectivity index (χ1v) is 20.2. The summed E-state index contributed by atoms with van der Waals surface area (Å²) in [5.74, 6) is 0. The Labute approximate surface area is 278 Å². The molecule has 0 N–H and O–H groups in total. The van der Waals surface area contributed by atoms with Crippen LogP contribution in [-0.4, -0.2) is 0 Å². The lowest BCUT2D eigenvalue weighted by molar-refractivity contribution is 0.576. The van der Waals surface area contributed by atoms with E-state index in [1.807, 2.05) is 34.0 Å². The van der Waals surface area contributed by atoms with Crippen molar-refractivity contribution in [2.24, 2.45) is 0 Å². The lowest BCUT2D eigenvalue weighted by atomic mass is 10.0. The molecule has 0 bridgehead atoms. The molecular formula is C36H48Br2S3. The predicted octanol–water partition coefficient (Wildman–Crippen LogP) is 15.2. The van der Waals surface area contributed by atoms with Crippen LogP contribution >= 0.6 is 65.9 Å². The number of hydrogen-bond donors (Lipinski definition) is 0. The zero-order valence-electron chi connectivity index (χ0n) is 25.2. The van der Waals surface area contributed by atoms with Crippen LogP contribution in [0.15, 0.2) is 44.0 Å². The SMILES string of the molecule is CCCCCCCCCCc1cc(Br)sc1-c1sc(-c2sc(Br)cc2CCCCCCCCCC)c2ccccc12. The van der Waals surface area contributed by atoms with E-state index in [-0.39, 0.29) is 0 Å². The molecule has 0 saturated heterocycles. The lowest BCUT2D eigenvalue weighted by Gasteiger charge is -2.04. The highest BCUT2D eigenvalue weighted by Crippen LogP contribution is 2.51. The van der Waals surface area contributed by atoms with Crippen LogP contribution in [0.5, 0.6) is 0 Å². The van der Waals surface area contributed by atoms with E-state index in [4.69, 9.17) is 0 Å². The number of hydrogen-bond acceptors (Lipinski definition) is 3. The first-order valence-electron chi connectivity index (χ1n) is 16.2. The van der Waals surface area contributed by atoms with Crippen LogP contribution in [0.4, 0.5) is 0 Å². The van der Waals surface area contributed by atoms with Crippen LogP contribution in [0.2, 0.25) is 0 Å². The van der Waals surface area contributed by atoms with E-state index in [2.05, 4.69) is 82.1 Å². The summed E-state index contributed by atoms with van der Waals surface area (Å²) in [7, 11) is 0. The molecule has 41 heavy (non-hydrogen) atoms. The minimum Gasteiger partial charge on any atom is -0.132 e. The van der Waals surface area contributed by atoms with Crippen molar-refractivity contribution >= 4 is 76.6 Å². The van der Waals surface area contributed by atoms with Crippen LogP contribution in [0, 0.1) is 0 Å². The average molecular weight is 737 g/mol. The first kappa shape index (κ1) is 33.4. The maximum atomic E-state index is 3.85. The van der Waals surface area contributed by atoms with Crippen molar-refractivity contribution in [1.29, 1.82) is 0 Å². The molecule has 0 radical (unpaired) electrons. The number of aryl methyl sites for hydroxylation is 2. The summed E-state index contributed by atoms with van der Waals surface area (Å²) in [6.07, 6.45) is 24.3. The van der Waals surface area contributed by atoms with E-state index < -0.39 is 0 Å². The normalized spacial score (nSPS) is 11.7. The van der Waals surface area contributed by atoms with Gasteiger partial charge >= 0.3 is 0 Å². The summed E-state index contributed by atoms with van der Waals surface area (Å²) in [4.78, 5) is 5.88. The van der Waals surface area contributed by atoms with E-state index in [0.717, 1.165) is 0 Å². The van der Waals surface area contributed by atoms with Crippen molar-refractivity contribution in [2.45, 2.75) is 129 Å². The quantitative estimate of drug-likeness (QED) is 0.0793. The smallest absolute Gasteiger partial charge is 0.0708 e. The van der Waals surface area contributed by atoms with Gasteiger partial charge in [0.15, 0.2) is 0 Å². The average Bonchev–Trinajstić information content (AvgIpc) is 3.65. The summed E-state index contributed by atoms with van der Waals surface area (Å²) in [5, 5.41) is 2.84. The Morgan fingerprint density at radius 3 is 1.22 bits per heavy atom. The third-order valence-corrected chi connectivity index (χ3v) is 13.1. The van der Waals surface area contributed by atoms with E-state index >= 15 is 0 Å². The molecule has 224 valence electrons. The van der Waals surface area contributed by atoms with Gasteiger partial charge in [0, 0.05) is 20.5 Å². The van der Waals surface area contributed by atoms with Gasteiger partial charge in [-0.2, -0.15) is 0 Å². The Balaban J connectivity index is 1.46. The highest BCUT2D eigenvalue weighted by Gasteiger charge is 2.21. The highest BCUT2D eigenvalue weighted by molar-refractivity contribution is 9.11. The second kappa shape index (κ2) is 18.4. The van der Waals surface area contributed by atoms with Crippen LogP contribution < -0.4 is 0 Å². The molecule has 0 nitrogen and oxygen atoms in total. The van der Waals surface area contributed by atoms with Gasteiger partial charge < -0.3 is 0 Å². The summed E-state index contributed by atoms with van der Waals surface area (Å²) in [6, 6.07) is 13.9. The zero-order chi connectivity index (χ0) is 28.9. The molecule has 3 heterocycles. The van der Waals surface area contributed by atoms with E-state index in [1.165, 1.54) is 165 Å². The molecule has 0 spiro atoms. The van der Waals surface area contributed by atoms with Gasteiger partial charge in [-0.1, -0.05) is 128 Å². The van der Waals surface area contributed by atoms with Crippen molar-refractivity contribution in [3.63, 3.8) is 0 Å². The summed E-state index contributed by atoms with van der Waals surface area (Å²) in [5.41, 5.74) is 3.05. The van der Waals surface area contributed by atoms with Crippen molar-refractivity contribution in [1.82, 2.24) is 0 Å². The van der Waals surface area contributed by atoms with Gasteiger partial charge in [0.1, 0.15) is 0 Å². The highest BCUT2D eigenvalue weighted by atomic mass is 79.9. The maximum Gasteiger partial charge on any atom is 0.0708 e. The molecule has 3 aromatic heterocycles. The Kier molecular flexibility index (Phi) is 15.0. The third kappa shape index (κ3) is 10.0. The molecular weight excluding hydrogens is 688 g/mol. The Morgan fingerprint density at radius 2 is 0.829 bits per heavy atom. The fourth-order valence-electron chi connectivity index (χ4n) is 5.87. The predicted molar refractivity (Wildman–Crippen MR) is 196 cm³/mol. The Morgan fingerprint density at radius 1 is 0.463 bits per heavy atom. The third-order valence-electron chi connectivity index (χ3n) is 8.19. The number of fused-ring (bicyclic) bond motifs is 1. The fourth-order valence-corrected chi connectivity index (χ4v) is 10.9. The Hall–Kier alpha value is -0.460. The molecule has 4 aromatic rings. The number of benzene rings is 1. The molecule has 0 unspecified atom stereocenters. The summed E-state index contributed by atoms with van der Waals surface area (Å²) >= 11 is 13.6. The molecule has 0 fully saturated rings. The molecule has 0 amide bonds. The molecule has 0 aliphatic rings. The van der Waals surface area contributed by atoms with E-state index in [9.17, 15) is 0 Å². The molecule has 0 saturated carbocycles. The second-order valence-electron chi connectivity index (χ2n) is 11.6. The van der Waals surface area contributed by atoms with Gasteiger partial charge in [-0.05, 0) is 80.8 Å². The monoisotopic (exact) mass is 734 g/mol. The van der Waals surface area contributed by atoms with Gasteiger partial charge in [0.05, 0.1) is 17.3 Å². The van der Waals surface area contributed by atoms with Gasteiger partial charge in [-0.15, -0.1) is 34.0 Å². The Bertz CT molecular complexity index is 1210. The summed E-state index contributed by atoms with van der Waals surface area (Å²) in [6.45, 7) is 4.60. The minimum absolute atomic E-state index is 1.18. The molecule has 0 atom stereocenters. The van der Waals surface area contributed by atoms with E-state index in [1.54, 1.807) is 0 Å². The molecule has 0 aliphatic heterocycles. The van der Waals surface area contributed by atoms with Crippen LogP contribution in [0.3, 0.4) is 0 Å².